The Morgan fingerprint density at radius 3 is 1.67 bits per heavy atom. The summed E-state index contributed by atoms with van der Waals surface area (Å²) in [5.41, 5.74) is 17.0. The summed E-state index contributed by atoms with van der Waals surface area (Å²) in [4.78, 5) is 21.7. The van der Waals surface area contributed by atoms with Gasteiger partial charge in [0, 0.05) is 23.3 Å². The van der Waals surface area contributed by atoms with Gasteiger partial charge in [0.1, 0.15) is 0 Å². The summed E-state index contributed by atoms with van der Waals surface area (Å²) in [7, 11) is 0. The summed E-state index contributed by atoms with van der Waals surface area (Å²) in [6.45, 7) is 0. The van der Waals surface area contributed by atoms with Crippen molar-refractivity contribution < 1.29 is 9.59 Å². The van der Waals surface area contributed by atoms with Gasteiger partial charge >= 0.3 is 12.1 Å². The zero-order valence-electron chi connectivity index (χ0n) is 11.5. The minimum Gasteiger partial charge on any atom is -0.350 e. The number of rotatable bonds is 2. The Bertz CT molecular complexity index is 531. The highest BCUT2D eigenvalue weighted by molar-refractivity contribution is 6.01. The number of carbonyl (C=O) groups excluding carboxylic acids is 2. The zero-order chi connectivity index (χ0) is 14.7. The number of hydrogen-bond donors (Lipinski definition) is 4. The van der Waals surface area contributed by atoms with Crippen LogP contribution in [0.15, 0.2) is 10.2 Å². The summed E-state index contributed by atoms with van der Waals surface area (Å²) < 4.78 is 0. The molecule has 0 aliphatic heterocycles. The number of nitrogens with two attached hydrogens (primary N) is 2. The predicted molar refractivity (Wildman–Crippen MR) is 75.1 cm³/mol. The normalized spacial score (nSPS) is 45.5. The molecule has 0 radical (unpaired) electrons. The van der Waals surface area contributed by atoms with Gasteiger partial charge in [0.15, 0.2) is 0 Å². The number of hydrogen-bond acceptors (Lipinski definition) is 4. The van der Waals surface area contributed by atoms with Crippen molar-refractivity contribution in [1.29, 1.82) is 0 Å². The number of carbonyl (C=O) groups is 2. The fraction of sp³-hybridized carbons (Fsp3) is 0.692. The average molecular weight is 290 g/mol. The first-order valence-corrected chi connectivity index (χ1v) is 7.30. The van der Waals surface area contributed by atoms with Gasteiger partial charge in [-0.15, -0.1) is 0 Å². The van der Waals surface area contributed by atoms with E-state index in [1.165, 1.54) is 6.42 Å². The SMILES string of the molecule is NC(=O)N/N=C1/C[C@H]2[C@H]3C/C(=N\NC(N)=O)[C@@H]4[C@@H]3C[C@@H]2[C@@H]14. The van der Waals surface area contributed by atoms with Crippen LogP contribution >= 0.6 is 0 Å². The molecule has 4 rings (SSSR count). The first-order chi connectivity index (χ1) is 10.1. The van der Waals surface area contributed by atoms with E-state index in [2.05, 4.69) is 21.1 Å². The molecule has 4 saturated carbocycles. The highest BCUT2D eigenvalue weighted by Gasteiger charge is 2.67. The molecule has 4 fully saturated rings. The first-order valence-electron chi connectivity index (χ1n) is 7.30. The molecular formula is C13H18N6O2. The molecule has 4 aliphatic rings. The minimum absolute atomic E-state index is 0.332. The topological polar surface area (TPSA) is 135 Å². The van der Waals surface area contributed by atoms with Crippen molar-refractivity contribution in [3.05, 3.63) is 0 Å². The third-order valence-corrected chi connectivity index (χ3v) is 5.78. The van der Waals surface area contributed by atoms with Crippen molar-refractivity contribution in [1.82, 2.24) is 10.9 Å². The maximum Gasteiger partial charge on any atom is 0.332 e. The van der Waals surface area contributed by atoms with Crippen molar-refractivity contribution in [2.24, 2.45) is 57.2 Å². The third kappa shape index (κ3) is 1.68. The Labute approximate surface area is 121 Å². The van der Waals surface area contributed by atoms with E-state index in [9.17, 15) is 9.59 Å². The third-order valence-electron chi connectivity index (χ3n) is 5.78. The van der Waals surface area contributed by atoms with Crippen LogP contribution in [0.4, 0.5) is 9.59 Å². The summed E-state index contributed by atoms with van der Waals surface area (Å²) in [5, 5.41) is 8.43. The summed E-state index contributed by atoms with van der Waals surface area (Å²) in [6, 6.07) is -1.27. The van der Waals surface area contributed by atoms with Gasteiger partial charge in [-0.25, -0.2) is 20.4 Å². The van der Waals surface area contributed by atoms with Crippen LogP contribution in [0.5, 0.6) is 0 Å². The minimum atomic E-state index is -0.634. The van der Waals surface area contributed by atoms with Crippen LogP contribution in [0.3, 0.4) is 0 Å². The van der Waals surface area contributed by atoms with Crippen molar-refractivity contribution in [3.8, 4) is 0 Å². The van der Waals surface area contributed by atoms with E-state index < -0.39 is 12.1 Å². The Morgan fingerprint density at radius 2 is 1.29 bits per heavy atom. The monoisotopic (exact) mass is 290 g/mol. The Kier molecular flexibility index (Phi) is 2.51. The van der Waals surface area contributed by atoms with Gasteiger partial charge in [0.25, 0.3) is 0 Å². The standard InChI is InChI=1S/C13H18N6O2/c14-12(20)18-16-8-2-4-5-3-9(17-19-13(15)21)11-7(5)1-6(4)10(8)11/h4-7,10-11H,1-3H2,(H3,14,18,20)(H3,15,19,21)/b16-8-,17-9+/t4-,5+,6-,7+,10-,11-/m0/s1. The molecule has 6 atom stereocenters. The predicted octanol–water partition coefficient (Wildman–Crippen LogP) is -0.0431. The molecule has 8 nitrogen and oxygen atoms in total. The number of nitrogens with zero attached hydrogens (tertiary/aromatic N) is 2. The maximum absolute atomic E-state index is 10.9. The lowest BCUT2D eigenvalue weighted by molar-refractivity contribution is 0.241. The van der Waals surface area contributed by atoms with Crippen molar-refractivity contribution in [3.63, 3.8) is 0 Å². The smallest absolute Gasteiger partial charge is 0.332 e. The van der Waals surface area contributed by atoms with E-state index in [0.29, 0.717) is 35.5 Å². The van der Waals surface area contributed by atoms with Gasteiger partial charge in [-0.2, -0.15) is 10.2 Å². The number of nitrogens with one attached hydrogen (secondary N) is 2. The van der Waals surface area contributed by atoms with Crippen molar-refractivity contribution >= 4 is 23.5 Å². The van der Waals surface area contributed by atoms with E-state index >= 15 is 0 Å². The lowest BCUT2D eigenvalue weighted by atomic mass is 9.79. The van der Waals surface area contributed by atoms with E-state index in [1.807, 2.05) is 0 Å². The molecule has 4 aliphatic carbocycles. The molecule has 8 heteroatoms. The highest BCUT2D eigenvalue weighted by atomic mass is 16.2. The quantitative estimate of drug-likeness (QED) is 0.531. The van der Waals surface area contributed by atoms with Crippen LogP contribution in [0.25, 0.3) is 0 Å². The molecule has 0 aromatic rings. The van der Waals surface area contributed by atoms with E-state index in [1.54, 1.807) is 0 Å². The molecule has 6 N–H and O–H groups in total. The number of fused-ring (bicyclic) bond motifs is 2. The molecule has 4 amide bonds. The van der Waals surface area contributed by atoms with E-state index in [4.69, 9.17) is 11.5 Å². The van der Waals surface area contributed by atoms with Crippen LogP contribution < -0.4 is 22.3 Å². The molecule has 0 aromatic carbocycles. The molecule has 0 saturated heterocycles. The van der Waals surface area contributed by atoms with Crippen LogP contribution in [0.1, 0.15) is 19.3 Å². The summed E-state index contributed by atoms with van der Waals surface area (Å²) in [6.07, 6.45) is 3.10. The zero-order valence-corrected chi connectivity index (χ0v) is 11.5. The molecule has 0 heterocycles. The maximum atomic E-state index is 10.9. The fourth-order valence-corrected chi connectivity index (χ4v) is 5.42. The first kappa shape index (κ1) is 12.6. The van der Waals surface area contributed by atoms with E-state index in [0.717, 1.165) is 24.3 Å². The van der Waals surface area contributed by atoms with Gasteiger partial charge in [0.2, 0.25) is 0 Å². The van der Waals surface area contributed by atoms with Gasteiger partial charge in [0.05, 0.1) is 0 Å². The lowest BCUT2D eigenvalue weighted by Gasteiger charge is -2.24. The molecule has 0 unspecified atom stereocenters. The van der Waals surface area contributed by atoms with Crippen LogP contribution in [-0.2, 0) is 0 Å². The van der Waals surface area contributed by atoms with Gasteiger partial charge in [-0.1, -0.05) is 0 Å². The molecule has 2 bridgehead atoms. The van der Waals surface area contributed by atoms with Crippen LogP contribution in [-0.4, -0.2) is 23.5 Å². The number of urea groups is 2. The second-order valence-corrected chi connectivity index (χ2v) is 6.51. The number of amides is 4. The van der Waals surface area contributed by atoms with Crippen molar-refractivity contribution in [2.45, 2.75) is 19.3 Å². The van der Waals surface area contributed by atoms with Crippen LogP contribution in [0, 0.1) is 35.5 Å². The largest absolute Gasteiger partial charge is 0.350 e. The van der Waals surface area contributed by atoms with Crippen LogP contribution in [0.2, 0.25) is 0 Å². The summed E-state index contributed by atoms with van der Waals surface area (Å²) in [5.74, 6) is 3.20. The molecule has 0 aromatic heterocycles. The molecular weight excluding hydrogens is 272 g/mol. The number of hydrazone groups is 2. The highest BCUT2D eigenvalue weighted by Crippen LogP contribution is 2.68. The van der Waals surface area contributed by atoms with Crippen molar-refractivity contribution in [2.75, 3.05) is 0 Å². The number of primary amides is 2. The van der Waals surface area contributed by atoms with Gasteiger partial charge < -0.3 is 11.5 Å². The Balaban J connectivity index is 1.63. The van der Waals surface area contributed by atoms with Gasteiger partial charge in [-0.05, 0) is 42.9 Å². The second kappa shape index (κ2) is 4.19. The fourth-order valence-electron chi connectivity index (χ4n) is 5.42. The molecule has 21 heavy (non-hydrogen) atoms. The average Bonchev–Trinajstić information content (AvgIpc) is 3.03. The lowest BCUT2D eigenvalue weighted by Crippen LogP contribution is -2.32. The van der Waals surface area contributed by atoms with E-state index in [-0.39, 0.29) is 0 Å². The Morgan fingerprint density at radius 1 is 0.857 bits per heavy atom. The molecule has 0 spiro atoms. The second-order valence-electron chi connectivity index (χ2n) is 6.51. The Hall–Kier alpha value is -2.12. The van der Waals surface area contributed by atoms with Gasteiger partial charge in [-0.3, -0.25) is 0 Å². The molecule has 112 valence electrons. The summed E-state index contributed by atoms with van der Waals surface area (Å²) >= 11 is 0.